The number of carbonyl (C=O) groups excluding carboxylic acids is 1. The lowest BCUT2D eigenvalue weighted by molar-refractivity contribution is 0.0691. The van der Waals surface area contributed by atoms with Gasteiger partial charge in [-0.25, -0.2) is 17.6 Å². The highest BCUT2D eigenvalue weighted by Gasteiger charge is 2.21. The first-order valence-electron chi connectivity index (χ1n) is 8.29. The number of carbonyl (C=O) groups is 2. The van der Waals surface area contributed by atoms with Gasteiger partial charge in [0, 0.05) is 5.69 Å². The van der Waals surface area contributed by atoms with Crippen molar-refractivity contribution in [1.29, 1.82) is 0 Å². The molecule has 0 fully saturated rings. The van der Waals surface area contributed by atoms with Crippen LogP contribution in [-0.4, -0.2) is 25.4 Å². The van der Waals surface area contributed by atoms with E-state index in [0.29, 0.717) is 11.8 Å². The molecule has 29 heavy (non-hydrogen) atoms. The van der Waals surface area contributed by atoms with Crippen LogP contribution >= 0.6 is 0 Å². The summed E-state index contributed by atoms with van der Waals surface area (Å²) in [4.78, 5) is 23.2. The van der Waals surface area contributed by atoms with Crippen LogP contribution in [0.25, 0.3) is 0 Å². The Morgan fingerprint density at radius 1 is 0.862 bits per heavy atom. The first-order valence-corrected chi connectivity index (χ1v) is 9.77. The second kappa shape index (κ2) is 8.11. The van der Waals surface area contributed by atoms with Crippen LogP contribution in [-0.2, 0) is 10.0 Å². The Kier molecular flexibility index (Phi) is 5.60. The molecular formula is C20H15FN2O5S. The number of aromatic carboxylic acids is 1. The number of hydrogen-bond donors (Lipinski definition) is 3. The molecule has 3 rings (SSSR count). The zero-order valence-corrected chi connectivity index (χ0v) is 15.6. The van der Waals surface area contributed by atoms with Crippen molar-refractivity contribution in [3.05, 3.63) is 89.7 Å². The Labute approximate surface area is 165 Å². The third kappa shape index (κ3) is 4.58. The predicted molar refractivity (Wildman–Crippen MR) is 105 cm³/mol. The minimum absolute atomic E-state index is 0.0119. The van der Waals surface area contributed by atoms with Crippen molar-refractivity contribution in [3.8, 4) is 0 Å². The van der Waals surface area contributed by atoms with Crippen LogP contribution in [0.5, 0.6) is 0 Å². The molecule has 0 saturated heterocycles. The predicted octanol–water partition coefficient (Wildman–Crippen LogP) is 3.58. The molecule has 7 nitrogen and oxygen atoms in total. The van der Waals surface area contributed by atoms with E-state index in [2.05, 4.69) is 10.0 Å². The Morgan fingerprint density at radius 3 is 2.21 bits per heavy atom. The van der Waals surface area contributed by atoms with Gasteiger partial charge in [-0.05, 0) is 42.5 Å². The van der Waals surface area contributed by atoms with Gasteiger partial charge >= 0.3 is 5.97 Å². The molecule has 148 valence electrons. The van der Waals surface area contributed by atoms with E-state index in [1.807, 2.05) is 0 Å². The standard InChI is InChI=1S/C20H15FN2O5S/c21-17-11-10-14(12-16(17)20(25)26)29(27,28)23-18-9-5-4-8-15(18)19(24)22-13-6-2-1-3-7-13/h1-12,23H,(H,22,24)(H,25,26). The van der Waals surface area contributed by atoms with E-state index in [0.717, 1.165) is 12.1 Å². The normalized spacial score (nSPS) is 10.9. The number of para-hydroxylation sites is 2. The fourth-order valence-corrected chi connectivity index (χ4v) is 3.63. The van der Waals surface area contributed by atoms with Gasteiger partial charge in [0.15, 0.2) is 0 Å². The molecule has 0 aliphatic rings. The first-order chi connectivity index (χ1) is 13.8. The maximum absolute atomic E-state index is 13.6. The van der Waals surface area contributed by atoms with Crippen LogP contribution < -0.4 is 10.0 Å². The molecule has 0 aliphatic heterocycles. The van der Waals surface area contributed by atoms with Gasteiger partial charge in [0.25, 0.3) is 15.9 Å². The molecule has 3 aromatic carbocycles. The van der Waals surface area contributed by atoms with Gasteiger partial charge in [-0.2, -0.15) is 0 Å². The second-order valence-electron chi connectivity index (χ2n) is 5.92. The van der Waals surface area contributed by atoms with E-state index in [-0.39, 0.29) is 11.3 Å². The number of rotatable bonds is 6. The molecule has 0 aliphatic carbocycles. The Hall–Kier alpha value is -3.72. The third-order valence-corrected chi connectivity index (χ3v) is 5.29. The molecule has 0 spiro atoms. The summed E-state index contributed by atoms with van der Waals surface area (Å²) in [5.74, 6) is -3.19. The van der Waals surface area contributed by atoms with E-state index in [9.17, 15) is 22.4 Å². The topological polar surface area (TPSA) is 113 Å². The van der Waals surface area contributed by atoms with Crippen molar-refractivity contribution >= 4 is 33.3 Å². The summed E-state index contributed by atoms with van der Waals surface area (Å²) < 4.78 is 41.1. The minimum atomic E-state index is -4.27. The summed E-state index contributed by atoms with van der Waals surface area (Å²) in [6.07, 6.45) is 0. The molecule has 0 heterocycles. The van der Waals surface area contributed by atoms with E-state index in [4.69, 9.17) is 5.11 Å². The van der Waals surface area contributed by atoms with Gasteiger partial charge in [-0.1, -0.05) is 30.3 Å². The van der Waals surface area contributed by atoms with Crippen LogP contribution in [0.3, 0.4) is 0 Å². The zero-order chi connectivity index (χ0) is 21.0. The van der Waals surface area contributed by atoms with Crippen LogP contribution in [0, 0.1) is 5.82 Å². The molecule has 3 N–H and O–H groups in total. The lowest BCUT2D eigenvalue weighted by Crippen LogP contribution is -2.19. The molecule has 3 aromatic rings. The van der Waals surface area contributed by atoms with E-state index >= 15 is 0 Å². The Morgan fingerprint density at radius 2 is 1.52 bits per heavy atom. The molecule has 1 amide bonds. The lowest BCUT2D eigenvalue weighted by atomic mass is 10.1. The van der Waals surface area contributed by atoms with Crippen molar-refractivity contribution in [1.82, 2.24) is 0 Å². The van der Waals surface area contributed by atoms with Gasteiger partial charge in [0.05, 0.1) is 21.7 Å². The smallest absolute Gasteiger partial charge is 0.338 e. The summed E-state index contributed by atoms with van der Waals surface area (Å²) in [6.45, 7) is 0. The summed E-state index contributed by atoms with van der Waals surface area (Å²) >= 11 is 0. The SMILES string of the molecule is O=C(O)c1cc(S(=O)(=O)Nc2ccccc2C(=O)Nc2ccccc2)ccc1F. The quantitative estimate of drug-likeness (QED) is 0.571. The van der Waals surface area contributed by atoms with Crippen molar-refractivity contribution in [2.75, 3.05) is 10.0 Å². The highest BCUT2D eigenvalue weighted by Crippen LogP contribution is 2.23. The maximum atomic E-state index is 13.6. The number of anilines is 2. The number of benzene rings is 3. The zero-order valence-electron chi connectivity index (χ0n) is 14.8. The molecule has 0 saturated carbocycles. The van der Waals surface area contributed by atoms with Gasteiger partial charge in [-0.3, -0.25) is 9.52 Å². The third-order valence-electron chi connectivity index (χ3n) is 3.93. The van der Waals surface area contributed by atoms with Crippen LogP contribution in [0.1, 0.15) is 20.7 Å². The van der Waals surface area contributed by atoms with Crippen molar-refractivity contribution in [2.24, 2.45) is 0 Å². The summed E-state index contributed by atoms with van der Waals surface area (Å²) in [5, 5.41) is 11.6. The molecule has 0 bridgehead atoms. The number of sulfonamides is 1. The van der Waals surface area contributed by atoms with Crippen molar-refractivity contribution in [3.63, 3.8) is 0 Å². The highest BCUT2D eigenvalue weighted by molar-refractivity contribution is 7.92. The fraction of sp³-hybridized carbons (Fsp3) is 0. The van der Waals surface area contributed by atoms with Crippen LogP contribution in [0.15, 0.2) is 77.7 Å². The second-order valence-corrected chi connectivity index (χ2v) is 7.60. The summed E-state index contributed by atoms with van der Waals surface area (Å²) in [6, 6.07) is 16.9. The van der Waals surface area contributed by atoms with Crippen LogP contribution in [0.2, 0.25) is 0 Å². The molecule has 0 aromatic heterocycles. The Bertz CT molecular complexity index is 1180. The molecular weight excluding hydrogens is 399 g/mol. The van der Waals surface area contributed by atoms with Gasteiger partial charge < -0.3 is 10.4 Å². The van der Waals surface area contributed by atoms with Gasteiger partial charge in [-0.15, -0.1) is 0 Å². The number of carboxylic acids is 1. The van der Waals surface area contributed by atoms with Gasteiger partial charge in [0.1, 0.15) is 5.82 Å². The van der Waals surface area contributed by atoms with Crippen molar-refractivity contribution < 1.29 is 27.5 Å². The minimum Gasteiger partial charge on any atom is -0.478 e. The number of halogens is 1. The summed E-state index contributed by atoms with van der Waals surface area (Å²) in [7, 11) is -4.27. The first kappa shape index (κ1) is 20.0. The molecule has 0 atom stereocenters. The number of hydrogen-bond acceptors (Lipinski definition) is 4. The molecule has 9 heteroatoms. The summed E-state index contributed by atoms with van der Waals surface area (Å²) in [5.41, 5.74) is -0.203. The number of amides is 1. The monoisotopic (exact) mass is 414 g/mol. The average Bonchev–Trinajstić information content (AvgIpc) is 2.68. The van der Waals surface area contributed by atoms with E-state index in [1.165, 1.54) is 18.2 Å². The molecule has 0 unspecified atom stereocenters. The molecule has 0 radical (unpaired) electrons. The van der Waals surface area contributed by atoms with E-state index < -0.39 is 38.2 Å². The largest absolute Gasteiger partial charge is 0.478 e. The van der Waals surface area contributed by atoms with E-state index in [1.54, 1.807) is 36.4 Å². The number of nitrogens with one attached hydrogen (secondary N) is 2. The van der Waals surface area contributed by atoms with Crippen LogP contribution in [0.4, 0.5) is 15.8 Å². The number of carboxylic acid groups (broad SMARTS) is 1. The average molecular weight is 414 g/mol. The maximum Gasteiger partial charge on any atom is 0.338 e. The highest BCUT2D eigenvalue weighted by atomic mass is 32.2. The Balaban J connectivity index is 1.91. The lowest BCUT2D eigenvalue weighted by Gasteiger charge is -2.13. The van der Waals surface area contributed by atoms with Crippen molar-refractivity contribution in [2.45, 2.75) is 4.90 Å². The fourth-order valence-electron chi connectivity index (χ4n) is 2.53. The van der Waals surface area contributed by atoms with Gasteiger partial charge in [0.2, 0.25) is 0 Å².